The number of nitrogens with zero attached hydrogens (tertiary/aromatic N) is 1. The van der Waals surface area contributed by atoms with Gasteiger partial charge in [-0.05, 0) is 25.0 Å². The number of rotatable bonds is 4. The largest absolute Gasteiger partial charge is 0.308 e. The monoisotopic (exact) mass is 210 g/mol. The zero-order valence-corrected chi connectivity index (χ0v) is 8.96. The van der Waals surface area contributed by atoms with E-state index in [4.69, 9.17) is 0 Å². The average Bonchev–Trinajstić information content (AvgIpc) is 2.23. The minimum Gasteiger partial charge on any atom is -0.308 e. The van der Waals surface area contributed by atoms with Crippen molar-refractivity contribution in [2.75, 3.05) is 5.32 Å². The summed E-state index contributed by atoms with van der Waals surface area (Å²) in [5.74, 6) is -0.741. The van der Waals surface area contributed by atoms with Crippen molar-refractivity contribution in [3.63, 3.8) is 0 Å². The van der Waals surface area contributed by atoms with E-state index in [9.17, 15) is 9.18 Å². The van der Waals surface area contributed by atoms with Crippen molar-refractivity contribution in [3.05, 3.63) is 24.1 Å². The maximum absolute atomic E-state index is 13.1. The molecular weight excluding hydrogens is 195 g/mol. The molecule has 0 saturated carbocycles. The number of anilines is 1. The molecule has 0 saturated heterocycles. The molecule has 0 fully saturated rings. The van der Waals surface area contributed by atoms with Gasteiger partial charge in [-0.3, -0.25) is 4.79 Å². The Bertz CT molecular complexity index is 337. The number of aromatic nitrogens is 1. The Labute approximate surface area is 88.7 Å². The smallest absolute Gasteiger partial charge is 0.228 e. The predicted octanol–water partition coefficient (Wildman–Crippen LogP) is 2.60. The molecule has 1 aromatic rings. The van der Waals surface area contributed by atoms with Crippen LogP contribution in [-0.2, 0) is 4.79 Å². The van der Waals surface area contributed by atoms with Gasteiger partial charge in [-0.15, -0.1) is 0 Å². The van der Waals surface area contributed by atoms with Crippen molar-refractivity contribution in [3.8, 4) is 0 Å². The summed E-state index contributed by atoms with van der Waals surface area (Å²) in [6.07, 6.45) is 2.94. The second-order valence-corrected chi connectivity index (χ2v) is 3.34. The Morgan fingerprint density at radius 1 is 1.53 bits per heavy atom. The predicted molar refractivity (Wildman–Crippen MR) is 56.9 cm³/mol. The molecular formula is C11H15FN2O. The number of hydrogen-bond donors (Lipinski definition) is 1. The fourth-order valence-electron chi connectivity index (χ4n) is 1.36. The number of halogens is 1. The first-order chi connectivity index (χ1) is 7.19. The van der Waals surface area contributed by atoms with Crippen LogP contribution < -0.4 is 5.32 Å². The highest BCUT2D eigenvalue weighted by Gasteiger charge is 2.15. The number of carbonyl (C=O) groups is 1. The molecule has 4 heteroatoms. The number of hydrogen-bond acceptors (Lipinski definition) is 2. The van der Waals surface area contributed by atoms with Gasteiger partial charge in [-0.25, -0.2) is 9.37 Å². The third-order valence-electron chi connectivity index (χ3n) is 2.36. The Morgan fingerprint density at radius 2 is 2.20 bits per heavy atom. The minimum atomic E-state index is -0.503. The third kappa shape index (κ3) is 3.01. The van der Waals surface area contributed by atoms with Crippen LogP contribution in [0.4, 0.5) is 10.2 Å². The van der Waals surface area contributed by atoms with Crippen LogP contribution >= 0.6 is 0 Å². The molecule has 1 aromatic heterocycles. The van der Waals surface area contributed by atoms with Gasteiger partial charge in [-0.1, -0.05) is 13.8 Å². The Balaban J connectivity index is 2.70. The molecule has 1 N–H and O–H groups in total. The number of carbonyl (C=O) groups excluding carboxylic acids is 1. The lowest BCUT2D eigenvalue weighted by Gasteiger charge is -2.12. The highest BCUT2D eigenvalue weighted by molar-refractivity contribution is 5.91. The normalized spacial score (nSPS) is 10.4. The van der Waals surface area contributed by atoms with Gasteiger partial charge in [0.25, 0.3) is 0 Å². The summed E-state index contributed by atoms with van der Waals surface area (Å²) < 4.78 is 13.1. The summed E-state index contributed by atoms with van der Waals surface area (Å²) in [6, 6.07) is 2.76. The lowest BCUT2D eigenvalue weighted by molar-refractivity contribution is -0.120. The Kier molecular flexibility index (Phi) is 4.21. The highest BCUT2D eigenvalue weighted by atomic mass is 19.1. The molecule has 0 aliphatic carbocycles. The average molecular weight is 210 g/mol. The first-order valence-corrected chi connectivity index (χ1v) is 5.10. The zero-order chi connectivity index (χ0) is 11.3. The SMILES string of the molecule is CCC(CC)C(=O)Nc1ncccc1F. The molecule has 1 amide bonds. The van der Waals surface area contributed by atoms with E-state index < -0.39 is 5.82 Å². The zero-order valence-electron chi connectivity index (χ0n) is 8.96. The lowest BCUT2D eigenvalue weighted by Crippen LogP contribution is -2.22. The van der Waals surface area contributed by atoms with E-state index in [1.54, 1.807) is 0 Å². The van der Waals surface area contributed by atoms with Crippen LogP contribution in [0.25, 0.3) is 0 Å². The first-order valence-electron chi connectivity index (χ1n) is 5.10. The number of amides is 1. The molecule has 0 unspecified atom stereocenters. The van der Waals surface area contributed by atoms with Crippen molar-refractivity contribution in [1.82, 2.24) is 4.98 Å². The van der Waals surface area contributed by atoms with Crippen molar-refractivity contribution < 1.29 is 9.18 Å². The van der Waals surface area contributed by atoms with Crippen LogP contribution in [0.3, 0.4) is 0 Å². The van der Waals surface area contributed by atoms with Crippen LogP contribution in [0.15, 0.2) is 18.3 Å². The van der Waals surface area contributed by atoms with E-state index >= 15 is 0 Å². The topological polar surface area (TPSA) is 42.0 Å². The van der Waals surface area contributed by atoms with Gasteiger partial charge >= 0.3 is 0 Å². The van der Waals surface area contributed by atoms with Crippen LogP contribution in [0.1, 0.15) is 26.7 Å². The van der Waals surface area contributed by atoms with Crippen molar-refractivity contribution in [2.24, 2.45) is 5.92 Å². The second-order valence-electron chi connectivity index (χ2n) is 3.34. The van der Waals surface area contributed by atoms with Crippen LogP contribution in [0, 0.1) is 11.7 Å². The van der Waals surface area contributed by atoms with E-state index in [2.05, 4.69) is 10.3 Å². The summed E-state index contributed by atoms with van der Waals surface area (Å²) in [4.78, 5) is 15.4. The van der Waals surface area contributed by atoms with Gasteiger partial charge < -0.3 is 5.32 Å². The highest BCUT2D eigenvalue weighted by Crippen LogP contribution is 2.13. The lowest BCUT2D eigenvalue weighted by atomic mass is 10.0. The summed E-state index contributed by atoms with van der Waals surface area (Å²) in [6.45, 7) is 3.87. The Hall–Kier alpha value is -1.45. The van der Waals surface area contributed by atoms with Crippen molar-refractivity contribution >= 4 is 11.7 Å². The van der Waals surface area contributed by atoms with E-state index in [-0.39, 0.29) is 17.6 Å². The maximum atomic E-state index is 13.1. The number of nitrogens with one attached hydrogen (secondary N) is 1. The summed E-state index contributed by atoms with van der Waals surface area (Å²) in [5, 5.41) is 2.49. The molecule has 0 aliphatic heterocycles. The second kappa shape index (κ2) is 5.44. The van der Waals surface area contributed by atoms with Crippen LogP contribution in [0.2, 0.25) is 0 Å². The van der Waals surface area contributed by atoms with E-state index in [1.807, 2.05) is 13.8 Å². The molecule has 3 nitrogen and oxygen atoms in total. The van der Waals surface area contributed by atoms with Gasteiger partial charge in [0.15, 0.2) is 11.6 Å². The molecule has 15 heavy (non-hydrogen) atoms. The third-order valence-corrected chi connectivity index (χ3v) is 2.36. The molecule has 1 rings (SSSR count). The fraction of sp³-hybridized carbons (Fsp3) is 0.455. The number of pyridine rings is 1. The van der Waals surface area contributed by atoms with Crippen LogP contribution in [0.5, 0.6) is 0 Å². The summed E-state index contributed by atoms with van der Waals surface area (Å²) in [5.41, 5.74) is 0. The summed E-state index contributed by atoms with van der Waals surface area (Å²) in [7, 11) is 0. The quantitative estimate of drug-likeness (QED) is 0.829. The molecule has 0 bridgehead atoms. The van der Waals surface area contributed by atoms with Gasteiger partial charge in [0.2, 0.25) is 5.91 Å². The van der Waals surface area contributed by atoms with Gasteiger partial charge in [0.05, 0.1) is 0 Å². The van der Waals surface area contributed by atoms with Crippen LogP contribution in [-0.4, -0.2) is 10.9 Å². The van der Waals surface area contributed by atoms with Crippen molar-refractivity contribution in [2.45, 2.75) is 26.7 Å². The van der Waals surface area contributed by atoms with E-state index in [0.717, 1.165) is 12.8 Å². The molecule has 0 aliphatic rings. The van der Waals surface area contributed by atoms with E-state index in [1.165, 1.54) is 18.3 Å². The molecule has 0 radical (unpaired) electrons. The van der Waals surface area contributed by atoms with Gasteiger partial charge in [0.1, 0.15) is 0 Å². The van der Waals surface area contributed by atoms with Crippen molar-refractivity contribution in [1.29, 1.82) is 0 Å². The van der Waals surface area contributed by atoms with Gasteiger partial charge in [0, 0.05) is 12.1 Å². The first kappa shape index (κ1) is 11.6. The molecule has 0 atom stereocenters. The molecule has 82 valence electrons. The summed E-state index contributed by atoms with van der Waals surface area (Å²) >= 11 is 0. The molecule has 0 spiro atoms. The minimum absolute atomic E-state index is 0.00870. The standard InChI is InChI=1S/C11H15FN2O/c1-3-8(4-2)11(15)14-10-9(12)6-5-7-13-10/h5-8H,3-4H2,1-2H3,(H,13,14,15). The Morgan fingerprint density at radius 3 is 2.73 bits per heavy atom. The molecule has 1 heterocycles. The fourth-order valence-corrected chi connectivity index (χ4v) is 1.36. The van der Waals surface area contributed by atoms with E-state index in [0.29, 0.717) is 0 Å². The molecule has 0 aromatic carbocycles. The maximum Gasteiger partial charge on any atom is 0.228 e. The van der Waals surface area contributed by atoms with Gasteiger partial charge in [-0.2, -0.15) is 0 Å².